The molecule has 0 radical (unpaired) electrons. The van der Waals surface area contributed by atoms with E-state index >= 15 is 0 Å². The zero-order valence-corrected chi connectivity index (χ0v) is 16.8. The van der Waals surface area contributed by atoms with Crippen molar-refractivity contribution in [3.05, 3.63) is 58.7 Å². The Hall–Kier alpha value is -3.22. The summed E-state index contributed by atoms with van der Waals surface area (Å²) in [6.45, 7) is 4.69. The maximum atomic E-state index is 12.5. The highest BCUT2D eigenvalue weighted by molar-refractivity contribution is 5.94. The largest absolute Gasteiger partial charge is 0.493 e. The van der Waals surface area contributed by atoms with Crippen molar-refractivity contribution in [1.82, 2.24) is 0 Å². The fourth-order valence-electron chi connectivity index (χ4n) is 2.35. The molecular weight excluding hydrogens is 428 g/mol. The van der Waals surface area contributed by atoms with Gasteiger partial charge in [0.1, 0.15) is 11.5 Å². The van der Waals surface area contributed by atoms with Crippen LogP contribution in [0.15, 0.2) is 36.4 Å². The Morgan fingerprint density at radius 2 is 1.32 bits per heavy atom. The van der Waals surface area contributed by atoms with E-state index in [9.17, 15) is 31.1 Å². The molecule has 0 unspecified atom stereocenters. The highest BCUT2D eigenvalue weighted by atomic mass is 19.4. The Kier molecular flexibility index (Phi) is 8.91. The van der Waals surface area contributed by atoms with E-state index in [-0.39, 0.29) is 41.6 Å². The summed E-state index contributed by atoms with van der Waals surface area (Å²) in [6.07, 6.45) is -8.93. The highest BCUT2D eigenvalue weighted by Gasteiger charge is 2.35. The van der Waals surface area contributed by atoms with Crippen molar-refractivity contribution in [2.45, 2.75) is 33.1 Å². The zero-order valence-electron chi connectivity index (χ0n) is 16.8. The third-order valence-electron chi connectivity index (χ3n) is 3.71. The standard InChI is InChI=1S/C11H11F3O2.C10H8F3NO/c1-3-16-10-6-8(7(2)15)4-5-9(10)11(12,13)14;1-2-15-9-5-7(6-14)3-4-8(9)10(11,12)13/h4-6H,3H2,1-2H3;3-5H,2H2,1H3. The van der Waals surface area contributed by atoms with Gasteiger partial charge in [-0.2, -0.15) is 31.6 Å². The second-order valence-electron chi connectivity index (χ2n) is 5.95. The average molecular weight is 447 g/mol. The van der Waals surface area contributed by atoms with Crippen LogP contribution in [0.4, 0.5) is 26.3 Å². The van der Waals surface area contributed by atoms with Crippen LogP contribution in [0, 0.1) is 11.3 Å². The van der Waals surface area contributed by atoms with Crippen molar-refractivity contribution in [3.63, 3.8) is 0 Å². The van der Waals surface area contributed by atoms with E-state index in [0.29, 0.717) is 0 Å². The number of alkyl halides is 6. The molecule has 2 aromatic rings. The van der Waals surface area contributed by atoms with Gasteiger partial charge in [0, 0.05) is 5.56 Å². The Balaban J connectivity index is 0.000000311. The number of nitriles is 1. The number of hydrogen-bond acceptors (Lipinski definition) is 4. The minimum absolute atomic E-state index is 0.116. The minimum atomic E-state index is -4.47. The van der Waals surface area contributed by atoms with Gasteiger partial charge in [-0.05, 0) is 51.1 Å². The van der Waals surface area contributed by atoms with Crippen LogP contribution in [0.3, 0.4) is 0 Å². The smallest absolute Gasteiger partial charge is 0.419 e. The molecule has 10 heteroatoms. The number of Topliss-reactive ketones (excluding diaryl/α,β-unsaturated/α-hetero) is 1. The summed E-state index contributed by atoms with van der Waals surface area (Å²) in [5.41, 5.74) is -1.37. The molecule has 0 aliphatic heterocycles. The van der Waals surface area contributed by atoms with Crippen molar-refractivity contribution in [2.24, 2.45) is 0 Å². The van der Waals surface area contributed by atoms with Crippen LogP contribution >= 0.6 is 0 Å². The SMILES string of the molecule is CCOc1cc(C#N)ccc1C(F)(F)F.CCOc1cc(C(C)=O)ccc1C(F)(F)F. The van der Waals surface area contributed by atoms with E-state index in [0.717, 1.165) is 36.4 Å². The third-order valence-corrected chi connectivity index (χ3v) is 3.71. The van der Waals surface area contributed by atoms with Crippen LogP contribution in [0.5, 0.6) is 11.5 Å². The summed E-state index contributed by atoms with van der Waals surface area (Å²) in [4.78, 5) is 11.0. The lowest BCUT2D eigenvalue weighted by atomic mass is 10.1. The van der Waals surface area contributed by atoms with Crippen molar-refractivity contribution in [1.29, 1.82) is 5.26 Å². The lowest BCUT2D eigenvalue weighted by Gasteiger charge is -2.13. The molecule has 0 saturated carbocycles. The Morgan fingerprint density at radius 3 is 1.71 bits per heavy atom. The van der Waals surface area contributed by atoms with Crippen LogP contribution < -0.4 is 9.47 Å². The predicted octanol–water partition coefficient (Wildman–Crippen LogP) is 6.28. The van der Waals surface area contributed by atoms with Gasteiger partial charge in [0.15, 0.2) is 5.78 Å². The van der Waals surface area contributed by atoms with E-state index in [4.69, 9.17) is 14.7 Å². The topological polar surface area (TPSA) is 59.3 Å². The van der Waals surface area contributed by atoms with Crippen LogP contribution in [0.1, 0.15) is 47.8 Å². The summed E-state index contributed by atoms with van der Waals surface area (Å²) in [6, 6.07) is 7.94. The number of hydrogen-bond donors (Lipinski definition) is 0. The number of ketones is 1. The van der Waals surface area contributed by atoms with Crippen LogP contribution in [-0.4, -0.2) is 19.0 Å². The molecule has 31 heavy (non-hydrogen) atoms. The molecule has 0 saturated heterocycles. The van der Waals surface area contributed by atoms with Crippen molar-refractivity contribution >= 4 is 5.78 Å². The molecule has 0 heterocycles. The van der Waals surface area contributed by atoms with Gasteiger partial charge in [0.2, 0.25) is 0 Å². The van der Waals surface area contributed by atoms with Crippen LogP contribution in [0.2, 0.25) is 0 Å². The fraction of sp³-hybridized carbons (Fsp3) is 0.333. The molecule has 0 bridgehead atoms. The Morgan fingerprint density at radius 1 is 0.871 bits per heavy atom. The first-order valence-corrected chi connectivity index (χ1v) is 8.94. The molecule has 0 fully saturated rings. The molecule has 168 valence electrons. The van der Waals surface area contributed by atoms with Crippen molar-refractivity contribution < 1.29 is 40.6 Å². The van der Waals surface area contributed by atoms with Gasteiger partial charge in [-0.25, -0.2) is 0 Å². The summed E-state index contributed by atoms with van der Waals surface area (Å²) in [5, 5.41) is 8.54. The number of rotatable bonds is 5. The van der Waals surface area contributed by atoms with Gasteiger partial charge >= 0.3 is 12.4 Å². The lowest BCUT2D eigenvalue weighted by molar-refractivity contribution is -0.139. The maximum absolute atomic E-state index is 12.5. The van der Waals surface area contributed by atoms with Crippen molar-refractivity contribution in [3.8, 4) is 17.6 Å². The number of benzene rings is 2. The summed E-state index contributed by atoms with van der Waals surface area (Å²) >= 11 is 0. The molecule has 0 atom stereocenters. The highest BCUT2D eigenvalue weighted by Crippen LogP contribution is 2.37. The number of ether oxygens (including phenoxy) is 2. The first kappa shape index (κ1) is 25.8. The van der Waals surface area contributed by atoms with Crippen LogP contribution in [-0.2, 0) is 12.4 Å². The predicted molar refractivity (Wildman–Crippen MR) is 99.9 cm³/mol. The molecule has 2 aromatic carbocycles. The van der Waals surface area contributed by atoms with E-state index in [2.05, 4.69) is 0 Å². The monoisotopic (exact) mass is 447 g/mol. The van der Waals surface area contributed by atoms with Gasteiger partial charge in [0.25, 0.3) is 0 Å². The van der Waals surface area contributed by atoms with E-state index in [1.165, 1.54) is 6.92 Å². The third kappa shape index (κ3) is 7.51. The van der Waals surface area contributed by atoms with Gasteiger partial charge in [-0.3, -0.25) is 4.79 Å². The zero-order chi connectivity index (χ0) is 23.8. The van der Waals surface area contributed by atoms with Crippen molar-refractivity contribution in [2.75, 3.05) is 13.2 Å². The minimum Gasteiger partial charge on any atom is -0.493 e. The quantitative estimate of drug-likeness (QED) is 0.400. The van der Waals surface area contributed by atoms with Gasteiger partial charge in [-0.1, -0.05) is 6.07 Å². The molecule has 4 nitrogen and oxygen atoms in total. The van der Waals surface area contributed by atoms with Gasteiger partial charge < -0.3 is 9.47 Å². The molecule has 0 aromatic heterocycles. The van der Waals surface area contributed by atoms with Gasteiger partial charge in [-0.15, -0.1) is 0 Å². The molecule has 0 aliphatic rings. The van der Waals surface area contributed by atoms with E-state index < -0.39 is 23.5 Å². The molecule has 0 N–H and O–H groups in total. The lowest BCUT2D eigenvalue weighted by Crippen LogP contribution is -2.09. The molecule has 0 amide bonds. The van der Waals surface area contributed by atoms with E-state index in [1.807, 2.05) is 0 Å². The average Bonchev–Trinajstić information content (AvgIpc) is 2.67. The summed E-state index contributed by atoms with van der Waals surface area (Å²) in [5.74, 6) is -0.901. The fourth-order valence-corrected chi connectivity index (χ4v) is 2.35. The second kappa shape index (κ2) is 10.7. The normalized spacial score (nSPS) is 11.1. The summed E-state index contributed by atoms with van der Waals surface area (Å²) in [7, 11) is 0. The van der Waals surface area contributed by atoms with Gasteiger partial charge in [0.05, 0.1) is 36.0 Å². The Labute approximate surface area is 175 Å². The maximum Gasteiger partial charge on any atom is 0.419 e. The number of halogens is 6. The summed E-state index contributed by atoms with van der Waals surface area (Å²) < 4.78 is 84.7. The number of nitrogens with zero attached hydrogens (tertiary/aromatic N) is 1. The molecule has 0 aliphatic carbocycles. The molecule has 0 spiro atoms. The molecular formula is C21H19F6NO3. The second-order valence-corrected chi connectivity index (χ2v) is 5.95. The van der Waals surface area contributed by atoms with E-state index in [1.54, 1.807) is 19.9 Å². The number of carbonyl (C=O) groups excluding carboxylic acids is 1. The number of carbonyl (C=O) groups is 1. The van der Waals surface area contributed by atoms with Crippen LogP contribution in [0.25, 0.3) is 0 Å². The Bertz CT molecular complexity index is 946. The molecule has 2 rings (SSSR count). The first-order valence-electron chi connectivity index (χ1n) is 8.94. The first-order chi connectivity index (χ1) is 14.3.